The third kappa shape index (κ3) is 4.34. The van der Waals surface area contributed by atoms with Crippen molar-refractivity contribution in [3.8, 4) is 0 Å². The Morgan fingerprint density at radius 2 is 1.78 bits per heavy atom. The standard InChI is InChI=1S/C21H22N2O4/c1-15-8-10-18(11-9-15)23-13-16(12-19(23)24)21(26)27-14-20(25)22(2)17-6-4-3-5-7-17/h3-11,16H,12-14H2,1-2H3/t16-/m0/s1. The van der Waals surface area contributed by atoms with E-state index < -0.39 is 11.9 Å². The highest BCUT2D eigenvalue weighted by Gasteiger charge is 2.36. The van der Waals surface area contributed by atoms with Gasteiger partial charge in [0.1, 0.15) is 0 Å². The Balaban J connectivity index is 1.55. The summed E-state index contributed by atoms with van der Waals surface area (Å²) < 4.78 is 5.17. The zero-order chi connectivity index (χ0) is 19.4. The van der Waals surface area contributed by atoms with Crippen LogP contribution in [0.4, 0.5) is 11.4 Å². The second-order valence-electron chi connectivity index (χ2n) is 6.64. The number of hydrogen-bond donors (Lipinski definition) is 0. The van der Waals surface area contributed by atoms with Crippen LogP contribution in [-0.4, -0.2) is 38.0 Å². The first-order chi connectivity index (χ1) is 13.0. The van der Waals surface area contributed by atoms with Crippen molar-refractivity contribution in [2.45, 2.75) is 13.3 Å². The van der Waals surface area contributed by atoms with Gasteiger partial charge >= 0.3 is 5.97 Å². The highest BCUT2D eigenvalue weighted by molar-refractivity contribution is 6.00. The Hall–Kier alpha value is -3.15. The number of carbonyl (C=O) groups is 3. The van der Waals surface area contributed by atoms with Crippen molar-refractivity contribution >= 4 is 29.2 Å². The molecule has 0 radical (unpaired) electrons. The number of nitrogens with zero attached hydrogens (tertiary/aromatic N) is 2. The molecular formula is C21H22N2O4. The molecule has 2 aromatic rings. The van der Waals surface area contributed by atoms with Gasteiger partial charge in [-0.15, -0.1) is 0 Å². The van der Waals surface area contributed by atoms with Gasteiger partial charge in [0.25, 0.3) is 5.91 Å². The number of amides is 2. The third-order valence-corrected chi connectivity index (χ3v) is 4.66. The first-order valence-electron chi connectivity index (χ1n) is 8.81. The zero-order valence-corrected chi connectivity index (χ0v) is 15.4. The molecule has 0 aromatic heterocycles. The van der Waals surface area contributed by atoms with Crippen LogP contribution in [0.5, 0.6) is 0 Å². The fraction of sp³-hybridized carbons (Fsp3) is 0.286. The molecule has 0 aliphatic carbocycles. The van der Waals surface area contributed by atoms with E-state index in [1.165, 1.54) is 4.90 Å². The lowest BCUT2D eigenvalue weighted by molar-refractivity contribution is -0.151. The molecule has 6 nitrogen and oxygen atoms in total. The van der Waals surface area contributed by atoms with Gasteiger partial charge in [-0.2, -0.15) is 0 Å². The van der Waals surface area contributed by atoms with E-state index in [1.54, 1.807) is 24.1 Å². The minimum Gasteiger partial charge on any atom is -0.455 e. The molecule has 0 unspecified atom stereocenters. The summed E-state index contributed by atoms with van der Waals surface area (Å²) in [6, 6.07) is 16.7. The Bertz CT molecular complexity index is 833. The SMILES string of the molecule is Cc1ccc(N2C[C@@H](C(=O)OCC(=O)N(C)c3ccccc3)CC2=O)cc1. The average molecular weight is 366 g/mol. The number of likely N-dealkylation sites (N-methyl/N-ethyl adjacent to an activating group) is 1. The summed E-state index contributed by atoms with van der Waals surface area (Å²) in [5.74, 6) is -1.52. The Morgan fingerprint density at radius 1 is 1.11 bits per heavy atom. The monoisotopic (exact) mass is 366 g/mol. The fourth-order valence-electron chi connectivity index (χ4n) is 2.98. The molecule has 3 rings (SSSR count). The lowest BCUT2D eigenvalue weighted by Crippen LogP contribution is -2.32. The number of rotatable bonds is 5. The highest BCUT2D eigenvalue weighted by atomic mass is 16.5. The summed E-state index contributed by atoms with van der Waals surface area (Å²) in [6.07, 6.45) is 0.0927. The molecule has 0 N–H and O–H groups in total. The highest BCUT2D eigenvalue weighted by Crippen LogP contribution is 2.26. The molecule has 27 heavy (non-hydrogen) atoms. The lowest BCUT2D eigenvalue weighted by atomic mass is 10.1. The summed E-state index contributed by atoms with van der Waals surface area (Å²) >= 11 is 0. The molecule has 1 aliphatic heterocycles. The first-order valence-corrected chi connectivity index (χ1v) is 8.81. The predicted octanol–water partition coefficient (Wildman–Crippen LogP) is 2.55. The van der Waals surface area contributed by atoms with E-state index in [4.69, 9.17) is 4.74 Å². The maximum atomic E-state index is 12.3. The quantitative estimate of drug-likeness (QED) is 0.763. The summed E-state index contributed by atoms with van der Waals surface area (Å²) in [7, 11) is 1.63. The first kappa shape index (κ1) is 18.6. The van der Waals surface area contributed by atoms with Gasteiger partial charge in [-0.1, -0.05) is 35.9 Å². The third-order valence-electron chi connectivity index (χ3n) is 4.66. The molecule has 1 aliphatic rings. The summed E-state index contributed by atoms with van der Waals surface area (Å²) in [4.78, 5) is 39.8. The van der Waals surface area contributed by atoms with Gasteiger partial charge in [0.15, 0.2) is 6.61 Å². The molecule has 0 bridgehead atoms. The smallest absolute Gasteiger partial charge is 0.311 e. The topological polar surface area (TPSA) is 66.9 Å². The second kappa shape index (κ2) is 8.03. The number of ether oxygens (including phenoxy) is 1. The van der Waals surface area contributed by atoms with E-state index in [0.29, 0.717) is 0 Å². The molecule has 6 heteroatoms. The number of para-hydroxylation sites is 1. The second-order valence-corrected chi connectivity index (χ2v) is 6.64. The minimum absolute atomic E-state index is 0.0927. The molecular weight excluding hydrogens is 344 g/mol. The lowest BCUT2D eigenvalue weighted by Gasteiger charge is -2.18. The molecule has 1 fully saturated rings. The molecule has 1 atom stereocenters. The van der Waals surface area contributed by atoms with Gasteiger partial charge in [0.05, 0.1) is 5.92 Å². The van der Waals surface area contributed by atoms with Gasteiger partial charge in [-0.25, -0.2) is 0 Å². The maximum absolute atomic E-state index is 12.3. The van der Waals surface area contributed by atoms with Gasteiger partial charge in [-0.05, 0) is 31.2 Å². The number of esters is 1. The molecule has 0 spiro atoms. The molecule has 2 amide bonds. The van der Waals surface area contributed by atoms with Crippen molar-refractivity contribution in [3.63, 3.8) is 0 Å². The fourth-order valence-corrected chi connectivity index (χ4v) is 2.98. The van der Waals surface area contributed by atoms with Crippen molar-refractivity contribution in [2.75, 3.05) is 30.0 Å². The van der Waals surface area contributed by atoms with Crippen LogP contribution in [0.15, 0.2) is 54.6 Å². The maximum Gasteiger partial charge on any atom is 0.311 e. The van der Waals surface area contributed by atoms with E-state index in [0.717, 1.165) is 16.9 Å². The van der Waals surface area contributed by atoms with Crippen LogP contribution in [0.3, 0.4) is 0 Å². The van der Waals surface area contributed by atoms with E-state index in [-0.39, 0.29) is 31.4 Å². The van der Waals surface area contributed by atoms with Gasteiger partial charge in [0.2, 0.25) is 5.91 Å². The van der Waals surface area contributed by atoms with Crippen LogP contribution in [0.25, 0.3) is 0 Å². The van der Waals surface area contributed by atoms with Crippen LogP contribution in [0, 0.1) is 12.8 Å². The molecule has 2 aromatic carbocycles. The van der Waals surface area contributed by atoms with E-state index >= 15 is 0 Å². The van der Waals surface area contributed by atoms with Gasteiger partial charge < -0.3 is 14.5 Å². The largest absolute Gasteiger partial charge is 0.455 e. The number of anilines is 2. The number of hydrogen-bond acceptors (Lipinski definition) is 4. The van der Waals surface area contributed by atoms with Crippen LogP contribution in [0.1, 0.15) is 12.0 Å². The Morgan fingerprint density at radius 3 is 2.44 bits per heavy atom. The zero-order valence-electron chi connectivity index (χ0n) is 15.4. The predicted molar refractivity (Wildman–Crippen MR) is 102 cm³/mol. The number of benzene rings is 2. The van der Waals surface area contributed by atoms with Crippen molar-refractivity contribution in [1.29, 1.82) is 0 Å². The summed E-state index contributed by atoms with van der Waals surface area (Å²) in [5, 5.41) is 0. The number of carbonyl (C=O) groups excluding carboxylic acids is 3. The Labute approximate surface area is 158 Å². The van der Waals surface area contributed by atoms with Crippen LogP contribution in [-0.2, 0) is 19.1 Å². The van der Waals surface area contributed by atoms with E-state index in [9.17, 15) is 14.4 Å². The molecule has 1 heterocycles. The van der Waals surface area contributed by atoms with E-state index in [1.807, 2.05) is 49.4 Å². The number of aryl methyl sites for hydroxylation is 1. The summed E-state index contributed by atoms with van der Waals surface area (Å²) in [5.41, 5.74) is 2.59. The Kier molecular flexibility index (Phi) is 5.54. The van der Waals surface area contributed by atoms with Crippen molar-refractivity contribution in [3.05, 3.63) is 60.2 Å². The van der Waals surface area contributed by atoms with Crippen LogP contribution < -0.4 is 9.80 Å². The minimum atomic E-state index is -0.561. The van der Waals surface area contributed by atoms with E-state index in [2.05, 4.69) is 0 Å². The van der Waals surface area contributed by atoms with Crippen LogP contribution >= 0.6 is 0 Å². The van der Waals surface area contributed by atoms with Crippen molar-refractivity contribution in [1.82, 2.24) is 0 Å². The van der Waals surface area contributed by atoms with Crippen molar-refractivity contribution < 1.29 is 19.1 Å². The normalized spacial score (nSPS) is 16.3. The van der Waals surface area contributed by atoms with Crippen LogP contribution in [0.2, 0.25) is 0 Å². The molecule has 0 saturated carbocycles. The molecule has 1 saturated heterocycles. The summed E-state index contributed by atoms with van der Waals surface area (Å²) in [6.45, 7) is 1.89. The van der Waals surface area contributed by atoms with Gasteiger partial charge in [0, 0.05) is 31.4 Å². The molecule has 140 valence electrons. The van der Waals surface area contributed by atoms with Gasteiger partial charge in [-0.3, -0.25) is 14.4 Å². The average Bonchev–Trinajstić information content (AvgIpc) is 3.08. The van der Waals surface area contributed by atoms with Crippen molar-refractivity contribution in [2.24, 2.45) is 5.92 Å².